The maximum absolute atomic E-state index is 12.7. The van der Waals surface area contributed by atoms with E-state index in [1.165, 1.54) is 0 Å². The van der Waals surface area contributed by atoms with Gasteiger partial charge in [0.1, 0.15) is 12.4 Å². The Morgan fingerprint density at radius 3 is 3.16 bits per heavy atom. The second kappa shape index (κ2) is 6.64. The Morgan fingerprint density at radius 1 is 1.36 bits per heavy atom. The summed E-state index contributed by atoms with van der Waals surface area (Å²) in [6.07, 6.45) is 5.92. The highest BCUT2D eigenvalue weighted by Gasteiger charge is 2.22. The van der Waals surface area contributed by atoms with E-state index in [0.717, 1.165) is 43.0 Å². The summed E-state index contributed by atoms with van der Waals surface area (Å²) in [6.45, 7) is 1.23. The number of fused-ring (bicyclic) bond motifs is 2. The Balaban J connectivity index is 1.46. The Hall–Kier alpha value is -2.74. The molecule has 0 radical (unpaired) electrons. The predicted molar refractivity (Wildman–Crippen MR) is 90.1 cm³/mol. The third-order valence-corrected chi connectivity index (χ3v) is 4.60. The van der Waals surface area contributed by atoms with Crippen LogP contribution in [0.3, 0.4) is 0 Å². The Kier molecular flexibility index (Phi) is 4.19. The monoisotopic (exact) mass is 340 g/mol. The lowest BCUT2D eigenvalue weighted by atomic mass is 10.1. The molecule has 3 aromatic rings. The highest BCUT2D eigenvalue weighted by Crippen LogP contribution is 2.17. The number of hydrogen-bond acceptors (Lipinski definition) is 5. The van der Waals surface area contributed by atoms with Crippen molar-refractivity contribution in [2.24, 2.45) is 0 Å². The molecule has 0 fully saturated rings. The molecule has 0 bridgehead atoms. The number of carbonyl (C=O) groups is 1. The van der Waals surface area contributed by atoms with Crippen LogP contribution < -0.4 is 5.32 Å². The van der Waals surface area contributed by atoms with Gasteiger partial charge in [0.15, 0.2) is 5.82 Å². The van der Waals surface area contributed by atoms with Crippen LogP contribution in [0.5, 0.6) is 0 Å². The van der Waals surface area contributed by atoms with Crippen molar-refractivity contribution < 1.29 is 9.53 Å². The van der Waals surface area contributed by atoms with Gasteiger partial charge in [0.05, 0.1) is 17.3 Å². The quantitative estimate of drug-likeness (QED) is 0.771. The average molecular weight is 340 g/mol. The van der Waals surface area contributed by atoms with Crippen LogP contribution in [0, 0.1) is 0 Å². The summed E-state index contributed by atoms with van der Waals surface area (Å²) < 4.78 is 8.98. The fourth-order valence-corrected chi connectivity index (χ4v) is 3.30. The zero-order valence-electron chi connectivity index (χ0n) is 14.1. The molecule has 0 spiro atoms. The van der Waals surface area contributed by atoms with Gasteiger partial charge in [0, 0.05) is 32.3 Å². The molecule has 1 aliphatic heterocycles. The molecule has 0 saturated carbocycles. The number of pyridine rings is 1. The molecule has 4 heterocycles. The van der Waals surface area contributed by atoms with Crippen molar-refractivity contribution in [2.45, 2.75) is 38.5 Å². The lowest BCUT2D eigenvalue weighted by molar-refractivity contribution is 0.0934. The van der Waals surface area contributed by atoms with Crippen LogP contribution in [-0.4, -0.2) is 43.4 Å². The van der Waals surface area contributed by atoms with E-state index in [-0.39, 0.29) is 11.9 Å². The van der Waals surface area contributed by atoms with Gasteiger partial charge in [-0.1, -0.05) is 6.07 Å². The largest absolute Gasteiger partial charge is 0.377 e. The van der Waals surface area contributed by atoms with Gasteiger partial charge in [-0.2, -0.15) is 5.10 Å². The van der Waals surface area contributed by atoms with Gasteiger partial charge in [-0.25, -0.2) is 4.52 Å². The summed E-state index contributed by atoms with van der Waals surface area (Å²) >= 11 is 0. The van der Waals surface area contributed by atoms with Gasteiger partial charge in [-0.3, -0.25) is 4.79 Å². The lowest BCUT2D eigenvalue weighted by Gasteiger charge is -2.15. The number of ether oxygens (including phenoxy) is 1. The number of nitrogens with zero attached hydrogens (tertiary/aromatic N) is 5. The van der Waals surface area contributed by atoms with E-state index in [2.05, 4.69) is 25.2 Å². The van der Waals surface area contributed by atoms with Crippen LogP contribution in [0.25, 0.3) is 5.52 Å². The van der Waals surface area contributed by atoms with Gasteiger partial charge in [-0.05, 0) is 25.0 Å². The second-order valence-electron chi connectivity index (χ2n) is 6.20. The normalized spacial score (nSPS) is 17.2. The number of hydrogen-bond donors (Lipinski definition) is 1. The predicted octanol–water partition coefficient (Wildman–Crippen LogP) is 1.21. The molecule has 3 aromatic heterocycles. The number of aromatic nitrogens is 5. The summed E-state index contributed by atoms with van der Waals surface area (Å²) in [7, 11) is 1.65. The van der Waals surface area contributed by atoms with E-state index in [1.54, 1.807) is 17.8 Å². The molecule has 4 rings (SSSR count). The molecule has 0 aromatic carbocycles. The van der Waals surface area contributed by atoms with Crippen LogP contribution in [0.2, 0.25) is 0 Å². The Morgan fingerprint density at radius 2 is 2.28 bits per heavy atom. The molecular weight excluding hydrogens is 320 g/mol. The third kappa shape index (κ3) is 3.00. The minimum Gasteiger partial charge on any atom is -0.377 e. The number of rotatable bonds is 4. The van der Waals surface area contributed by atoms with Crippen molar-refractivity contribution in [1.82, 2.24) is 29.7 Å². The first-order valence-corrected chi connectivity index (χ1v) is 8.39. The molecule has 8 nitrogen and oxygen atoms in total. The molecule has 1 amide bonds. The SMILES string of the molecule is COCc1nnc2n1CCC(NC(=O)c1cnn3ccccc13)CC2. The van der Waals surface area contributed by atoms with Crippen molar-refractivity contribution in [1.29, 1.82) is 0 Å². The first-order valence-electron chi connectivity index (χ1n) is 8.39. The smallest absolute Gasteiger partial charge is 0.255 e. The summed E-state index contributed by atoms with van der Waals surface area (Å²) in [5.41, 5.74) is 1.41. The van der Waals surface area contributed by atoms with Crippen molar-refractivity contribution in [3.8, 4) is 0 Å². The molecule has 8 heteroatoms. The molecule has 1 N–H and O–H groups in total. The lowest BCUT2D eigenvalue weighted by Crippen LogP contribution is -2.35. The van der Waals surface area contributed by atoms with E-state index in [9.17, 15) is 4.79 Å². The zero-order valence-corrected chi connectivity index (χ0v) is 14.1. The van der Waals surface area contributed by atoms with Crippen molar-refractivity contribution in [2.75, 3.05) is 7.11 Å². The summed E-state index contributed by atoms with van der Waals surface area (Å²) in [5.74, 6) is 1.72. The van der Waals surface area contributed by atoms with E-state index >= 15 is 0 Å². The van der Waals surface area contributed by atoms with Crippen LogP contribution in [0.4, 0.5) is 0 Å². The first-order chi connectivity index (χ1) is 12.3. The molecule has 1 aliphatic rings. The number of amides is 1. The highest BCUT2D eigenvalue weighted by atomic mass is 16.5. The van der Waals surface area contributed by atoms with E-state index in [4.69, 9.17) is 4.74 Å². The minimum absolute atomic E-state index is 0.0824. The van der Waals surface area contributed by atoms with Gasteiger partial charge in [0.25, 0.3) is 5.91 Å². The van der Waals surface area contributed by atoms with Crippen LogP contribution in [-0.2, 0) is 24.3 Å². The molecule has 1 unspecified atom stereocenters. The fourth-order valence-electron chi connectivity index (χ4n) is 3.30. The first kappa shape index (κ1) is 15.8. The maximum Gasteiger partial charge on any atom is 0.255 e. The minimum atomic E-state index is -0.0824. The van der Waals surface area contributed by atoms with Gasteiger partial charge >= 0.3 is 0 Å². The molecule has 130 valence electrons. The van der Waals surface area contributed by atoms with Gasteiger partial charge in [0.2, 0.25) is 0 Å². The van der Waals surface area contributed by atoms with Crippen LogP contribution >= 0.6 is 0 Å². The molecule has 0 aliphatic carbocycles. The second-order valence-corrected chi connectivity index (χ2v) is 6.20. The Labute approximate surface area is 144 Å². The van der Waals surface area contributed by atoms with Crippen molar-refractivity contribution in [3.63, 3.8) is 0 Å². The van der Waals surface area contributed by atoms with Gasteiger partial charge in [-0.15, -0.1) is 10.2 Å². The molecule has 25 heavy (non-hydrogen) atoms. The highest BCUT2D eigenvalue weighted by molar-refractivity contribution is 6.00. The summed E-state index contributed by atoms with van der Waals surface area (Å²) in [4.78, 5) is 12.7. The third-order valence-electron chi connectivity index (χ3n) is 4.60. The Bertz CT molecular complexity index is 900. The van der Waals surface area contributed by atoms with E-state index < -0.39 is 0 Å². The number of aryl methyl sites for hydroxylation is 1. The molecule has 1 atom stereocenters. The topological polar surface area (TPSA) is 86.3 Å². The molecule has 0 saturated heterocycles. The van der Waals surface area contributed by atoms with E-state index in [1.807, 2.05) is 24.4 Å². The van der Waals surface area contributed by atoms with Crippen LogP contribution in [0.1, 0.15) is 34.8 Å². The van der Waals surface area contributed by atoms with Crippen molar-refractivity contribution in [3.05, 3.63) is 47.8 Å². The standard InChI is InChI=1S/C17H20N6O2/c1-25-11-16-21-20-15-6-5-12(7-9-22(15)16)19-17(24)13-10-18-23-8-3-2-4-14(13)23/h2-4,8,10,12H,5-7,9,11H2,1H3,(H,19,24). The fraction of sp³-hybridized carbons (Fsp3) is 0.412. The summed E-state index contributed by atoms with van der Waals surface area (Å²) in [6, 6.07) is 5.79. The summed E-state index contributed by atoms with van der Waals surface area (Å²) in [5, 5.41) is 15.8. The van der Waals surface area contributed by atoms with E-state index in [0.29, 0.717) is 12.2 Å². The van der Waals surface area contributed by atoms with Crippen molar-refractivity contribution >= 4 is 11.4 Å². The zero-order chi connectivity index (χ0) is 17.2. The molecular formula is C17H20N6O2. The van der Waals surface area contributed by atoms with Gasteiger partial charge < -0.3 is 14.6 Å². The number of nitrogens with one attached hydrogen (secondary N) is 1. The maximum atomic E-state index is 12.7. The number of methoxy groups -OCH3 is 1. The average Bonchev–Trinajstić information content (AvgIpc) is 3.16. The van der Waals surface area contributed by atoms with Crippen LogP contribution in [0.15, 0.2) is 30.6 Å². The number of carbonyl (C=O) groups excluding carboxylic acids is 1.